The van der Waals surface area contributed by atoms with Crippen molar-refractivity contribution in [3.8, 4) is 0 Å². The molecular weight excluding hydrogens is 196 g/mol. The Morgan fingerprint density at radius 1 is 0.846 bits per heavy atom. The Balaban J connectivity index is 3.39. The van der Waals surface area contributed by atoms with Gasteiger partial charge in [-0.05, 0) is 18.1 Å². The van der Waals surface area contributed by atoms with Gasteiger partial charge >= 0.3 is 0 Å². The lowest BCUT2D eigenvalue weighted by molar-refractivity contribution is 0.653. The van der Waals surface area contributed by atoms with Gasteiger partial charge < -0.3 is 0 Å². The van der Waals surface area contributed by atoms with Gasteiger partial charge in [0, 0.05) is 0 Å². The van der Waals surface area contributed by atoms with E-state index < -0.39 is 7.38 Å². The van der Waals surface area contributed by atoms with E-state index in [0.29, 0.717) is 0 Å². The van der Waals surface area contributed by atoms with Crippen LogP contribution in [0.5, 0.6) is 0 Å². The second-order valence-corrected chi connectivity index (χ2v) is 10.6. The third-order valence-corrected chi connectivity index (χ3v) is 8.95. The first-order chi connectivity index (χ1) is 6.18. The van der Waals surface area contributed by atoms with Crippen LogP contribution in [0.2, 0.25) is 18.1 Å². The molecule has 0 radical (unpaired) electrons. The summed E-state index contributed by atoms with van der Waals surface area (Å²) in [5.74, 6) is 0. The summed E-state index contributed by atoms with van der Waals surface area (Å²) in [7, 11) is -1.29. The van der Waals surface area contributed by atoms with Crippen molar-refractivity contribution in [3.05, 3.63) is 0 Å². The molecule has 0 aromatic rings. The van der Waals surface area contributed by atoms with Gasteiger partial charge in [0.15, 0.2) is 7.38 Å². The summed E-state index contributed by atoms with van der Waals surface area (Å²) in [4.78, 5) is 0. The fourth-order valence-corrected chi connectivity index (χ4v) is 4.14. The maximum atomic E-state index is 6.56. The van der Waals surface area contributed by atoms with Gasteiger partial charge in [0.25, 0.3) is 0 Å². The average Bonchev–Trinajstić information content (AvgIpc) is 2.17. The van der Waals surface area contributed by atoms with Crippen LogP contribution in [0, 0.1) is 0 Å². The maximum Gasteiger partial charge on any atom is 0.156 e. The van der Waals surface area contributed by atoms with Gasteiger partial charge in [0.05, 0.1) is 0 Å². The van der Waals surface area contributed by atoms with Crippen LogP contribution in [0.15, 0.2) is 0 Å². The Bertz CT molecular complexity index is 111. The summed E-state index contributed by atoms with van der Waals surface area (Å²) in [6.07, 6.45) is 6.91. The van der Waals surface area contributed by atoms with Crippen LogP contribution in [0.3, 0.4) is 0 Å². The highest BCUT2D eigenvalue weighted by Crippen LogP contribution is 2.27. The predicted octanol–water partition coefficient (Wildman–Crippen LogP) is 5.18. The number of halogens is 1. The largest absolute Gasteiger partial charge is 0.167 e. The van der Waals surface area contributed by atoms with E-state index in [-0.39, 0.29) is 0 Å². The molecule has 0 bridgehead atoms. The molecule has 0 amide bonds. The molecule has 13 heavy (non-hydrogen) atoms. The zero-order valence-corrected chi connectivity index (χ0v) is 11.3. The van der Waals surface area contributed by atoms with Crippen LogP contribution < -0.4 is 0 Å². The topological polar surface area (TPSA) is 0 Å². The standard InChI is InChI=1S/C11H25ClSi/c1-4-7-8-9-10-11-13(12,5-2)6-3/h4-11H2,1-3H3. The van der Waals surface area contributed by atoms with Crippen LogP contribution in [0.4, 0.5) is 0 Å². The molecule has 0 atom stereocenters. The van der Waals surface area contributed by atoms with Crippen LogP contribution in [0.25, 0.3) is 0 Å². The lowest BCUT2D eigenvalue weighted by Crippen LogP contribution is -2.23. The molecule has 0 saturated carbocycles. The molecule has 0 heterocycles. The van der Waals surface area contributed by atoms with Gasteiger partial charge in [-0.1, -0.05) is 52.9 Å². The SMILES string of the molecule is CCCCCCC[Si](Cl)(CC)CC. The van der Waals surface area contributed by atoms with Gasteiger partial charge in [0.1, 0.15) is 0 Å². The lowest BCUT2D eigenvalue weighted by atomic mass is 10.2. The number of hydrogen-bond acceptors (Lipinski definition) is 0. The smallest absolute Gasteiger partial charge is 0.156 e. The Hall–Kier alpha value is 0.507. The van der Waals surface area contributed by atoms with E-state index in [4.69, 9.17) is 11.1 Å². The molecule has 0 aromatic heterocycles. The molecule has 0 saturated heterocycles. The molecule has 0 aliphatic carbocycles. The van der Waals surface area contributed by atoms with E-state index in [1.165, 1.54) is 50.2 Å². The number of hydrogen-bond donors (Lipinski definition) is 0. The predicted molar refractivity (Wildman–Crippen MR) is 66.1 cm³/mol. The van der Waals surface area contributed by atoms with E-state index >= 15 is 0 Å². The van der Waals surface area contributed by atoms with Crippen LogP contribution in [-0.2, 0) is 0 Å². The minimum absolute atomic E-state index is 1.25. The monoisotopic (exact) mass is 220 g/mol. The second-order valence-electron chi connectivity index (χ2n) is 4.02. The summed E-state index contributed by atoms with van der Waals surface area (Å²) < 4.78 is 0. The fourth-order valence-electron chi connectivity index (χ4n) is 1.65. The quantitative estimate of drug-likeness (QED) is 0.300. The summed E-state index contributed by atoms with van der Waals surface area (Å²) in [5, 5.41) is 0. The van der Waals surface area contributed by atoms with Crippen LogP contribution >= 0.6 is 11.1 Å². The summed E-state index contributed by atoms with van der Waals surface area (Å²) >= 11 is 6.56. The molecule has 0 aliphatic rings. The first-order valence-electron chi connectivity index (χ1n) is 5.87. The number of unbranched alkanes of at least 4 members (excludes halogenated alkanes) is 4. The first-order valence-corrected chi connectivity index (χ1v) is 9.50. The third-order valence-electron chi connectivity index (χ3n) is 3.00. The fraction of sp³-hybridized carbons (Fsp3) is 1.00. The van der Waals surface area contributed by atoms with E-state index in [1.807, 2.05) is 0 Å². The van der Waals surface area contributed by atoms with Gasteiger partial charge in [-0.25, -0.2) is 0 Å². The summed E-state index contributed by atoms with van der Waals surface area (Å²) in [6, 6.07) is 3.84. The van der Waals surface area contributed by atoms with Crippen molar-refractivity contribution >= 4 is 18.5 Å². The highest BCUT2D eigenvalue weighted by atomic mass is 35.6. The third kappa shape index (κ3) is 6.56. The van der Waals surface area contributed by atoms with Crippen molar-refractivity contribution in [3.63, 3.8) is 0 Å². The van der Waals surface area contributed by atoms with E-state index in [0.717, 1.165) is 0 Å². The normalized spacial score (nSPS) is 12.0. The van der Waals surface area contributed by atoms with E-state index in [1.54, 1.807) is 0 Å². The van der Waals surface area contributed by atoms with Gasteiger partial charge in [-0.15, -0.1) is 0 Å². The highest BCUT2D eigenvalue weighted by molar-refractivity contribution is 7.20. The molecule has 2 heteroatoms. The van der Waals surface area contributed by atoms with E-state index in [9.17, 15) is 0 Å². The average molecular weight is 221 g/mol. The van der Waals surface area contributed by atoms with Crippen molar-refractivity contribution in [2.75, 3.05) is 0 Å². The molecular formula is C11H25ClSi. The van der Waals surface area contributed by atoms with Gasteiger partial charge in [-0.3, -0.25) is 0 Å². The molecule has 0 aliphatic heterocycles. The Labute approximate surface area is 89.8 Å². The summed E-state index contributed by atoms with van der Waals surface area (Å²) in [6.45, 7) is 6.78. The second kappa shape index (κ2) is 7.87. The zero-order chi connectivity index (χ0) is 10.2. The zero-order valence-electron chi connectivity index (χ0n) is 9.53. The minimum atomic E-state index is -1.29. The van der Waals surface area contributed by atoms with Crippen LogP contribution in [0.1, 0.15) is 52.9 Å². The molecule has 0 fully saturated rings. The van der Waals surface area contributed by atoms with Gasteiger partial charge in [0.2, 0.25) is 0 Å². The minimum Gasteiger partial charge on any atom is -0.167 e. The maximum absolute atomic E-state index is 6.56. The van der Waals surface area contributed by atoms with Crippen molar-refractivity contribution in [2.24, 2.45) is 0 Å². The number of rotatable bonds is 8. The Morgan fingerprint density at radius 3 is 1.85 bits per heavy atom. The molecule has 0 spiro atoms. The van der Waals surface area contributed by atoms with Crippen molar-refractivity contribution in [2.45, 2.75) is 71.0 Å². The highest BCUT2D eigenvalue weighted by Gasteiger charge is 2.24. The van der Waals surface area contributed by atoms with Crippen molar-refractivity contribution < 1.29 is 0 Å². The molecule has 0 rings (SSSR count). The molecule has 0 N–H and O–H groups in total. The molecule has 0 aromatic carbocycles. The van der Waals surface area contributed by atoms with Gasteiger partial charge in [-0.2, -0.15) is 11.1 Å². The lowest BCUT2D eigenvalue weighted by Gasteiger charge is -2.20. The molecule has 0 nitrogen and oxygen atoms in total. The Kier molecular flexibility index (Phi) is 8.18. The first kappa shape index (κ1) is 13.5. The molecule has 0 unspecified atom stereocenters. The van der Waals surface area contributed by atoms with Crippen molar-refractivity contribution in [1.29, 1.82) is 0 Å². The van der Waals surface area contributed by atoms with Crippen molar-refractivity contribution in [1.82, 2.24) is 0 Å². The molecule has 80 valence electrons. The van der Waals surface area contributed by atoms with Crippen LogP contribution in [-0.4, -0.2) is 7.38 Å². The summed E-state index contributed by atoms with van der Waals surface area (Å²) in [5.41, 5.74) is 0. The van der Waals surface area contributed by atoms with E-state index in [2.05, 4.69) is 20.8 Å². The Morgan fingerprint density at radius 2 is 1.38 bits per heavy atom.